The summed E-state index contributed by atoms with van der Waals surface area (Å²) in [5.41, 5.74) is -0.944. The van der Waals surface area contributed by atoms with Gasteiger partial charge in [-0.2, -0.15) is 8.78 Å². The Morgan fingerprint density at radius 2 is 1.32 bits per heavy atom. The molecule has 0 saturated carbocycles. The van der Waals surface area contributed by atoms with Crippen molar-refractivity contribution in [1.82, 2.24) is 0 Å². The number of aryl methyl sites for hydroxylation is 2. The van der Waals surface area contributed by atoms with E-state index in [0.717, 1.165) is 0 Å². The van der Waals surface area contributed by atoms with Crippen molar-refractivity contribution < 1.29 is 32.6 Å². The summed E-state index contributed by atoms with van der Waals surface area (Å²) in [7, 11) is 0. The van der Waals surface area contributed by atoms with Gasteiger partial charge in [-0.25, -0.2) is 9.59 Å². The molecule has 2 aromatic heterocycles. The van der Waals surface area contributed by atoms with Crippen molar-refractivity contribution in [1.29, 1.82) is 0 Å². The lowest BCUT2D eigenvalue weighted by molar-refractivity contribution is -0.0498. The predicted octanol–water partition coefficient (Wildman–Crippen LogP) is 3.79. The molecule has 3 aromatic rings. The number of halogens is 2. The summed E-state index contributed by atoms with van der Waals surface area (Å²) in [6, 6.07) is 8.24. The third-order valence-electron chi connectivity index (χ3n) is 4.78. The fourth-order valence-corrected chi connectivity index (χ4v) is 3.34. The Balaban J connectivity index is 2.02. The van der Waals surface area contributed by atoms with Gasteiger partial charge in [0.2, 0.25) is 0 Å². The van der Waals surface area contributed by atoms with Gasteiger partial charge in [-0.1, -0.05) is 12.1 Å². The second kappa shape index (κ2) is 9.03. The number of aromatic hydroxyl groups is 2. The maximum absolute atomic E-state index is 12.4. The van der Waals surface area contributed by atoms with Gasteiger partial charge in [-0.3, -0.25) is 0 Å². The number of hydrogen-bond donors (Lipinski definition) is 2. The highest BCUT2D eigenvalue weighted by atomic mass is 19.3. The fourth-order valence-electron chi connectivity index (χ4n) is 3.34. The molecular weight excluding hydrogens is 414 g/mol. The molecule has 0 bridgehead atoms. The maximum Gasteiger partial charge on any atom is 0.387 e. The summed E-state index contributed by atoms with van der Waals surface area (Å²) in [4.78, 5) is 24.5. The minimum Gasteiger partial charge on any atom is -0.507 e. The lowest BCUT2D eigenvalue weighted by Crippen LogP contribution is -2.18. The average Bonchev–Trinajstić information content (AvgIpc) is 2.66. The minimum absolute atomic E-state index is 0.0144. The molecule has 1 aromatic carbocycles. The molecule has 0 unspecified atom stereocenters. The van der Waals surface area contributed by atoms with E-state index in [2.05, 4.69) is 4.74 Å². The lowest BCUT2D eigenvalue weighted by Gasteiger charge is -2.18. The standard InChI is InChI=1S/C22H20F2O7/c1-11-7-18(25)16(20(27)29-11)9-14(10-17-19(26)8-12(2)30-21(17)28)13-3-5-15(6-4-13)31-22(23)24/h3-8,14,22,25-26H,9-10H2,1-2H3. The second-order valence-corrected chi connectivity index (χ2v) is 7.07. The molecule has 0 fully saturated rings. The Kier molecular flexibility index (Phi) is 6.43. The van der Waals surface area contributed by atoms with E-state index in [1.807, 2.05) is 0 Å². The van der Waals surface area contributed by atoms with Crippen LogP contribution in [0.15, 0.2) is 54.8 Å². The van der Waals surface area contributed by atoms with Crippen molar-refractivity contribution >= 4 is 0 Å². The number of rotatable bonds is 7. The molecule has 2 N–H and O–H groups in total. The highest BCUT2D eigenvalue weighted by Gasteiger charge is 2.23. The summed E-state index contributed by atoms with van der Waals surface area (Å²) in [6.45, 7) is 0.0456. The molecule has 31 heavy (non-hydrogen) atoms. The summed E-state index contributed by atoms with van der Waals surface area (Å²) < 4.78 is 39.3. The van der Waals surface area contributed by atoms with Crippen LogP contribution in [-0.4, -0.2) is 16.8 Å². The third kappa shape index (κ3) is 5.30. The molecule has 0 spiro atoms. The molecule has 7 nitrogen and oxygen atoms in total. The Bertz CT molecular complexity index is 1110. The molecule has 0 aliphatic rings. The minimum atomic E-state index is -2.98. The van der Waals surface area contributed by atoms with E-state index in [9.17, 15) is 28.6 Å². The predicted molar refractivity (Wildman–Crippen MR) is 106 cm³/mol. The highest BCUT2D eigenvalue weighted by molar-refractivity contribution is 5.37. The molecule has 0 aliphatic heterocycles. The van der Waals surface area contributed by atoms with Crippen LogP contribution in [0, 0.1) is 13.8 Å². The van der Waals surface area contributed by atoms with Crippen LogP contribution < -0.4 is 16.0 Å². The van der Waals surface area contributed by atoms with Crippen LogP contribution in [0.25, 0.3) is 0 Å². The van der Waals surface area contributed by atoms with E-state index in [0.29, 0.717) is 5.56 Å². The zero-order valence-electron chi connectivity index (χ0n) is 16.7. The van der Waals surface area contributed by atoms with E-state index < -0.39 is 23.8 Å². The quantitative estimate of drug-likeness (QED) is 0.582. The monoisotopic (exact) mass is 434 g/mol. The second-order valence-electron chi connectivity index (χ2n) is 7.07. The van der Waals surface area contributed by atoms with E-state index in [1.54, 1.807) is 0 Å². The Hall–Kier alpha value is -3.62. The van der Waals surface area contributed by atoms with E-state index in [1.165, 1.54) is 50.2 Å². The first-order valence-electron chi connectivity index (χ1n) is 9.34. The molecule has 2 heterocycles. The Morgan fingerprint density at radius 3 is 1.71 bits per heavy atom. The van der Waals surface area contributed by atoms with Crippen molar-refractivity contribution in [2.75, 3.05) is 0 Å². The van der Waals surface area contributed by atoms with E-state index in [4.69, 9.17) is 8.83 Å². The summed E-state index contributed by atoms with van der Waals surface area (Å²) >= 11 is 0. The lowest BCUT2D eigenvalue weighted by atomic mass is 9.87. The normalized spacial score (nSPS) is 11.3. The van der Waals surface area contributed by atoms with Crippen LogP contribution in [0.5, 0.6) is 17.2 Å². The van der Waals surface area contributed by atoms with Gasteiger partial charge in [0.05, 0.1) is 11.1 Å². The van der Waals surface area contributed by atoms with Crippen LogP contribution in [0.1, 0.15) is 34.1 Å². The number of hydrogen-bond acceptors (Lipinski definition) is 7. The van der Waals surface area contributed by atoms with Gasteiger partial charge >= 0.3 is 17.9 Å². The van der Waals surface area contributed by atoms with Crippen LogP contribution in [-0.2, 0) is 12.8 Å². The Morgan fingerprint density at radius 1 is 0.871 bits per heavy atom. The van der Waals surface area contributed by atoms with Gasteiger partial charge in [-0.05, 0) is 50.3 Å². The Labute approximate surface area is 175 Å². The van der Waals surface area contributed by atoms with Crippen LogP contribution in [0.2, 0.25) is 0 Å². The summed E-state index contributed by atoms with van der Waals surface area (Å²) in [5, 5.41) is 20.5. The number of alkyl halides is 2. The van der Waals surface area contributed by atoms with Gasteiger partial charge in [0.15, 0.2) is 0 Å². The van der Waals surface area contributed by atoms with Crippen LogP contribution in [0.4, 0.5) is 8.78 Å². The largest absolute Gasteiger partial charge is 0.507 e. The molecule has 0 radical (unpaired) electrons. The van der Waals surface area contributed by atoms with Crippen molar-refractivity contribution in [2.24, 2.45) is 0 Å². The summed E-state index contributed by atoms with van der Waals surface area (Å²) in [5.74, 6) is -0.740. The zero-order chi connectivity index (χ0) is 22.7. The van der Waals surface area contributed by atoms with Gasteiger partial charge in [-0.15, -0.1) is 0 Å². The smallest absolute Gasteiger partial charge is 0.387 e. The molecule has 3 rings (SSSR count). The first kappa shape index (κ1) is 22.1. The van der Waals surface area contributed by atoms with Gasteiger partial charge in [0, 0.05) is 12.1 Å². The van der Waals surface area contributed by atoms with Gasteiger partial charge in [0.25, 0.3) is 0 Å². The SMILES string of the molecule is Cc1cc(O)c(CC(Cc2c(O)cc(C)oc2=O)c2ccc(OC(F)F)cc2)c(=O)o1. The topological polar surface area (TPSA) is 110 Å². The zero-order valence-corrected chi connectivity index (χ0v) is 16.7. The van der Waals surface area contributed by atoms with Crippen LogP contribution in [0.3, 0.4) is 0 Å². The fraction of sp³-hybridized carbons (Fsp3) is 0.273. The first-order valence-corrected chi connectivity index (χ1v) is 9.34. The summed E-state index contributed by atoms with van der Waals surface area (Å²) in [6.07, 6.45) is -0.0908. The molecule has 0 aliphatic carbocycles. The van der Waals surface area contributed by atoms with Crippen molar-refractivity contribution in [3.05, 3.63) is 85.4 Å². The van der Waals surface area contributed by atoms with E-state index in [-0.39, 0.29) is 52.7 Å². The molecule has 0 amide bonds. The van der Waals surface area contributed by atoms with Crippen molar-refractivity contribution in [3.8, 4) is 17.2 Å². The first-order chi connectivity index (χ1) is 14.6. The van der Waals surface area contributed by atoms with Gasteiger partial charge < -0.3 is 23.8 Å². The molecule has 9 heteroatoms. The highest BCUT2D eigenvalue weighted by Crippen LogP contribution is 2.31. The number of benzene rings is 1. The molecule has 164 valence electrons. The van der Waals surface area contributed by atoms with Crippen LogP contribution >= 0.6 is 0 Å². The molecular formula is C22H20F2O7. The number of ether oxygens (including phenoxy) is 1. The average molecular weight is 434 g/mol. The van der Waals surface area contributed by atoms with Crippen molar-refractivity contribution in [2.45, 2.75) is 39.2 Å². The maximum atomic E-state index is 12.4. The third-order valence-corrected chi connectivity index (χ3v) is 4.78. The molecule has 0 saturated heterocycles. The van der Waals surface area contributed by atoms with E-state index >= 15 is 0 Å². The van der Waals surface area contributed by atoms with Crippen molar-refractivity contribution in [3.63, 3.8) is 0 Å². The van der Waals surface area contributed by atoms with Gasteiger partial charge in [0.1, 0.15) is 28.8 Å². The molecule has 0 atom stereocenters.